The van der Waals surface area contributed by atoms with Gasteiger partial charge in [0.1, 0.15) is 5.69 Å². The van der Waals surface area contributed by atoms with E-state index in [1.807, 2.05) is 19.1 Å². The molecule has 0 fully saturated rings. The highest BCUT2D eigenvalue weighted by molar-refractivity contribution is 6.30. The Balaban J connectivity index is 1.92. The molecule has 1 atom stereocenters. The van der Waals surface area contributed by atoms with Gasteiger partial charge in [0.25, 0.3) is 11.6 Å². The van der Waals surface area contributed by atoms with Gasteiger partial charge in [0.05, 0.1) is 17.3 Å². The van der Waals surface area contributed by atoms with Crippen molar-refractivity contribution in [2.75, 3.05) is 7.05 Å². The summed E-state index contributed by atoms with van der Waals surface area (Å²) in [7, 11) is 1.66. The maximum absolute atomic E-state index is 12.9. The maximum atomic E-state index is 12.9. The number of rotatable bonds is 5. The number of carbonyl (C=O) groups excluding carboxylic acids is 1. The van der Waals surface area contributed by atoms with Crippen LogP contribution in [-0.2, 0) is 0 Å². The van der Waals surface area contributed by atoms with Gasteiger partial charge in [0, 0.05) is 36.1 Å². The van der Waals surface area contributed by atoms with Crippen LogP contribution in [0.3, 0.4) is 0 Å². The number of benzene rings is 2. The monoisotopic (exact) mass is 384 g/mol. The fraction of sp³-hybridized carbons (Fsp3) is 0.158. The zero-order valence-corrected chi connectivity index (χ0v) is 15.5. The Kier molecular flexibility index (Phi) is 5.23. The molecule has 0 saturated heterocycles. The number of halogens is 1. The van der Waals surface area contributed by atoms with Gasteiger partial charge in [-0.2, -0.15) is 0 Å². The van der Waals surface area contributed by atoms with Crippen molar-refractivity contribution in [3.63, 3.8) is 0 Å². The van der Waals surface area contributed by atoms with E-state index >= 15 is 0 Å². The van der Waals surface area contributed by atoms with Crippen LogP contribution in [0.4, 0.5) is 5.69 Å². The second-order valence-corrected chi connectivity index (χ2v) is 6.51. The van der Waals surface area contributed by atoms with E-state index in [9.17, 15) is 14.9 Å². The van der Waals surface area contributed by atoms with Crippen molar-refractivity contribution >= 4 is 23.2 Å². The standard InChI is InChI=1S/C19H17ClN4O3/c1-13(14-4-3-5-16(20)10-14)22(2)19(25)15-6-7-17(18(11-15)24(26)27)23-9-8-21-12-23/h3-13H,1-2H3. The normalized spacial score (nSPS) is 11.8. The SMILES string of the molecule is CC(c1cccc(Cl)c1)N(C)C(=O)c1ccc(-n2ccnc2)c([N+](=O)[O-])c1. The zero-order valence-electron chi connectivity index (χ0n) is 14.7. The van der Waals surface area contributed by atoms with Gasteiger partial charge in [-0.05, 0) is 36.8 Å². The molecule has 0 saturated carbocycles. The van der Waals surface area contributed by atoms with E-state index in [-0.39, 0.29) is 23.2 Å². The molecule has 3 rings (SSSR count). The average molecular weight is 385 g/mol. The van der Waals surface area contributed by atoms with Crippen molar-refractivity contribution in [3.8, 4) is 5.69 Å². The predicted molar refractivity (Wildman–Crippen MR) is 102 cm³/mol. The minimum Gasteiger partial charge on any atom is -0.335 e. The Morgan fingerprint density at radius 1 is 1.30 bits per heavy atom. The van der Waals surface area contributed by atoms with Crippen LogP contribution in [0.25, 0.3) is 5.69 Å². The third-order valence-electron chi connectivity index (χ3n) is 4.43. The Labute approximate surface area is 161 Å². The fourth-order valence-corrected chi connectivity index (χ4v) is 2.99. The van der Waals surface area contributed by atoms with E-state index in [0.717, 1.165) is 5.56 Å². The molecule has 1 heterocycles. The van der Waals surface area contributed by atoms with E-state index in [0.29, 0.717) is 10.7 Å². The largest absolute Gasteiger partial charge is 0.335 e. The van der Waals surface area contributed by atoms with E-state index < -0.39 is 4.92 Å². The van der Waals surface area contributed by atoms with Crippen LogP contribution in [0.15, 0.2) is 61.2 Å². The molecule has 0 spiro atoms. The van der Waals surface area contributed by atoms with Crippen molar-refractivity contribution in [1.29, 1.82) is 0 Å². The molecule has 0 N–H and O–H groups in total. The summed E-state index contributed by atoms with van der Waals surface area (Å²) in [5, 5.41) is 12.1. The number of amides is 1. The summed E-state index contributed by atoms with van der Waals surface area (Å²) in [4.78, 5) is 29.3. The van der Waals surface area contributed by atoms with Crippen LogP contribution in [-0.4, -0.2) is 32.3 Å². The van der Waals surface area contributed by atoms with Crippen molar-refractivity contribution in [2.45, 2.75) is 13.0 Å². The fourth-order valence-electron chi connectivity index (χ4n) is 2.79. The molecule has 1 unspecified atom stereocenters. The molecule has 2 aromatic carbocycles. The first-order chi connectivity index (χ1) is 12.9. The molecule has 138 valence electrons. The molecular weight excluding hydrogens is 368 g/mol. The number of hydrogen-bond acceptors (Lipinski definition) is 4. The highest BCUT2D eigenvalue weighted by atomic mass is 35.5. The summed E-state index contributed by atoms with van der Waals surface area (Å²) in [6.07, 6.45) is 4.61. The minimum atomic E-state index is -0.507. The third-order valence-corrected chi connectivity index (χ3v) is 4.67. The lowest BCUT2D eigenvalue weighted by atomic mass is 10.1. The Hall–Kier alpha value is -3.19. The highest BCUT2D eigenvalue weighted by Crippen LogP contribution is 2.27. The van der Waals surface area contributed by atoms with E-state index in [1.165, 1.54) is 28.1 Å². The average Bonchev–Trinajstić information content (AvgIpc) is 3.20. The van der Waals surface area contributed by atoms with Crippen LogP contribution in [0, 0.1) is 10.1 Å². The molecule has 0 bridgehead atoms. The van der Waals surface area contributed by atoms with Crippen molar-refractivity contribution in [3.05, 3.63) is 87.4 Å². The zero-order chi connectivity index (χ0) is 19.6. The first-order valence-corrected chi connectivity index (χ1v) is 8.55. The summed E-state index contributed by atoms with van der Waals surface area (Å²) >= 11 is 6.03. The highest BCUT2D eigenvalue weighted by Gasteiger charge is 2.23. The Bertz CT molecular complexity index is 988. The summed E-state index contributed by atoms with van der Waals surface area (Å²) in [6.45, 7) is 1.87. The molecule has 0 aliphatic rings. The number of nitrogens with zero attached hydrogens (tertiary/aromatic N) is 4. The Morgan fingerprint density at radius 2 is 2.07 bits per heavy atom. The first-order valence-electron chi connectivity index (χ1n) is 8.18. The van der Waals surface area contributed by atoms with Crippen LogP contribution < -0.4 is 0 Å². The summed E-state index contributed by atoms with van der Waals surface area (Å²) < 4.78 is 1.53. The second-order valence-electron chi connectivity index (χ2n) is 6.08. The minimum absolute atomic E-state index is 0.164. The van der Waals surface area contributed by atoms with Gasteiger partial charge >= 0.3 is 0 Å². The second kappa shape index (κ2) is 7.59. The molecule has 1 aromatic heterocycles. The number of carbonyl (C=O) groups is 1. The summed E-state index contributed by atoms with van der Waals surface area (Å²) in [5.41, 5.74) is 1.30. The molecule has 27 heavy (non-hydrogen) atoms. The Morgan fingerprint density at radius 3 is 2.70 bits per heavy atom. The lowest BCUT2D eigenvalue weighted by Gasteiger charge is -2.25. The first kappa shape index (κ1) is 18.6. The quantitative estimate of drug-likeness (QED) is 0.486. The molecule has 7 nitrogen and oxygen atoms in total. The van der Waals surface area contributed by atoms with E-state index in [2.05, 4.69) is 4.98 Å². The van der Waals surface area contributed by atoms with Crippen LogP contribution in [0.1, 0.15) is 28.9 Å². The number of imidazole rings is 1. The lowest BCUT2D eigenvalue weighted by molar-refractivity contribution is -0.384. The lowest BCUT2D eigenvalue weighted by Crippen LogP contribution is -2.29. The van der Waals surface area contributed by atoms with Gasteiger partial charge in [-0.3, -0.25) is 14.9 Å². The molecule has 1 amide bonds. The molecular formula is C19H17ClN4O3. The van der Waals surface area contributed by atoms with Gasteiger partial charge in [0.15, 0.2) is 0 Å². The number of nitro benzene ring substituents is 1. The van der Waals surface area contributed by atoms with Crippen molar-refractivity contribution in [2.24, 2.45) is 0 Å². The van der Waals surface area contributed by atoms with Gasteiger partial charge in [-0.1, -0.05) is 23.7 Å². The smallest absolute Gasteiger partial charge is 0.294 e. The molecule has 3 aromatic rings. The molecule has 0 aliphatic carbocycles. The van der Waals surface area contributed by atoms with E-state index in [4.69, 9.17) is 11.6 Å². The van der Waals surface area contributed by atoms with Gasteiger partial charge in [0.2, 0.25) is 0 Å². The number of hydrogen-bond donors (Lipinski definition) is 0. The van der Waals surface area contributed by atoms with Crippen LogP contribution in [0.2, 0.25) is 5.02 Å². The van der Waals surface area contributed by atoms with Gasteiger partial charge < -0.3 is 9.47 Å². The summed E-state index contributed by atoms with van der Waals surface area (Å²) in [5.74, 6) is -0.317. The van der Waals surface area contributed by atoms with Crippen LogP contribution in [0.5, 0.6) is 0 Å². The van der Waals surface area contributed by atoms with Gasteiger partial charge in [-0.15, -0.1) is 0 Å². The third kappa shape index (κ3) is 3.83. The molecule has 0 radical (unpaired) electrons. The van der Waals surface area contributed by atoms with E-state index in [1.54, 1.807) is 37.5 Å². The van der Waals surface area contributed by atoms with Crippen molar-refractivity contribution in [1.82, 2.24) is 14.5 Å². The molecule has 8 heteroatoms. The van der Waals surface area contributed by atoms with Crippen LogP contribution >= 0.6 is 11.6 Å². The predicted octanol–water partition coefficient (Wildman–Crippen LogP) is 4.27. The number of aromatic nitrogens is 2. The maximum Gasteiger partial charge on any atom is 0.294 e. The molecule has 0 aliphatic heterocycles. The number of nitro groups is 1. The van der Waals surface area contributed by atoms with Gasteiger partial charge in [-0.25, -0.2) is 4.98 Å². The van der Waals surface area contributed by atoms with Crippen molar-refractivity contribution < 1.29 is 9.72 Å². The topological polar surface area (TPSA) is 81.3 Å². The summed E-state index contributed by atoms with van der Waals surface area (Å²) in [6, 6.07) is 11.4.